The van der Waals surface area contributed by atoms with E-state index in [4.69, 9.17) is 4.74 Å². The van der Waals surface area contributed by atoms with Crippen molar-refractivity contribution >= 4 is 38.8 Å². The van der Waals surface area contributed by atoms with Gasteiger partial charge in [-0.05, 0) is 63.8 Å². The van der Waals surface area contributed by atoms with Crippen LogP contribution in [-0.4, -0.2) is 69.5 Å². The summed E-state index contributed by atoms with van der Waals surface area (Å²) in [5, 5.41) is 15.0. The molecule has 9 nitrogen and oxygen atoms in total. The van der Waals surface area contributed by atoms with Crippen LogP contribution < -0.4 is 5.32 Å². The van der Waals surface area contributed by atoms with Crippen LogP contribution in [0.3, 0.4) is 0 Å². The van der Waals surface area contributed by atoms with E-state index in [1.807, 2.05) is 11.8 Å². The molecular formula is C29H33F4N5O4S. The van der Waals surface area contributed by atoms with E-state index in [0.717, 1.165) is 21.8 Å². The number of nitro benzene ring substituents is 1. The summed E-state index contributed by atoms with van der Waals surface area (Å²) in [5.74, 6) is -0.393. The van der Waals surface area contributed by atoms with Crippen LogP contribution >= 0.6 is 11.3 Å². The molecule has 232 valence electrons. The summed E-state index contributed by atoms with van der Waals surface area (Å²) >= 11 is 1.54. The first-order valence-corrected chi connectivity index (χ1v) is 15.0. The molecule has 0 bridgehead atoms. The minimum atomic E-state index is -4.84. The molecule has 1 N–H and O–H groups in total. The molecule has 2 fully saturated rings. The smallest absolute Gasteiger partial charge is 0.382 e. The molecule has 1 aliphatic heterocycles. The van der Waals surface area contributed by atoms with Gasteiger partial charge in [-0.25, -0.2) is 9.37 Å². The highest BCUT2D eigenvalue weighted by Gasteiger charge is 2.39. The normalized spacial score (nSPS) is 23.4. The number of anilines is 1. The van der Waals surface area contributed by atoms with E-state index in [1.54, 1.807) is 17.4 Å². The van der Waals surface area contributed by atoms with Crippen molar-refractivity contribution in [2.45, 2.75) is 76.5 Å². The second-order valence-corrected chi connectivity index (χ2v) is 12.4. The van der Waals surface area contributed by atoms with Crippen LogP contribution in [0.25, 0.3) is 10.2 Å². The number of aromatic nitrogens is 1. The average Bonchev–Trinajstić information content (AvgIpc) is 3.35. The Balaban J connectivity index is 1.08. The number of carbonyl (C=O) groups is 1. The van der Waals surface area contributed by atoms with Gasteiger partial charge in [-0.1, -0.05) is 0 Å². The number of hydrogen-bond acceptors (Lipinski definition) is 8. The Hall–Kier alpha value is -3.36. The number of halogens is 4. The fourth-order valence-corrected chi connectivity index (χ4v) is 6.82. The number of rotatable bonds is 8. The molecule has 1 aliphatic carbocycles. The summed E-state index contributed by atoms with van der Waals surface area (Å²) in [6, 6.07) is 7.51. The van der Waals surface area contributed by atoms with Gasteiger partial charge < -0.3 is 15.0 Å². The summed E-state index contributed by atoms with van der Waals surface area (Å²) in [6.07, 6.45) is -2.45. The molecule has 2 aromatic carbocycles. The lowest BCUT2D eigenvalue weighted by Crippen LogP contribution is -2.58. The maximum atomic E-state index is 13.5. The number of benzene rings is 2. The number of hydrogen-bond donors (Lipinski definition) is 1. The predicted octanol–water partition coefficient (Wildman–Crippen LogP) is 6.22. The highest BCUT2D eigenvalue weighted by molar-refractivity contribution is 7.18. The van der Waals surface area contributed by atoms with Crippen molar-refractivity contribution in [1.82, 2.24) is 14.8 Å². The first-order chi connectivity index (χ1) is 20.4. The third-order valence-corrected chi connectivity index (χ3v) is 9.17. The van der Waals surface area contributed by atoms with E-state index >= 15 is 0 Å². The first kappa shape index (κ1) is 31.1. The van der Waals surface area contributed by atoms with Crippen molar-refractivity contribution in [3.8, 4) is 0 Å². The van der Waals surface area contributed by atoms with Crippen molar-refractivity contribution in [2.75, 3.05) is 25.0 Å². The zero-order chi connectivity index (χ0) is 30.9. The van der Waals surface area contributed by atoms with E-state index in [0.29, 0.717) is 50.8 Å². The molecule has 0 spiro atoms. The molecule has 43 heavy (non-hydrogen) atoms. The molecule has 1 saturated heterocycles. The van der Waals surface area contributed by atoms with Crippen molar-refractivity contribution in [3.05, 3.63) is 62.9 Å². The van der Waals surface area contributed by atoms with E-state index in [1.165, 1.54) is 18.2 Å². The molecular weight excluding hydrogens is 590 g/mol. The Morgan fingerprint density at radius 2 is 1.86 bits per heavy atom. The van der Waals surface area contributed by atoms with E-state index < -0.39 is 22.4 Å². The zero-order valence-corrected chi connectivity index (χ0v) is 24.6. The molecule has 1 amide bonds. The molecule has 2 aliphatic rings. The van der Waals surface area contributed by atoms with E-state index in [2.05, 4.69) is 22.1 Å². The lowest BCUT2D eigenvalue weighted by atomic mass is 9.92. The van der Waals surface area contributed by atoms with Crippen LogP contribution in [0.5, 0.6) is 0 Å². The van der Waals surface area contributed by atoms with Crippen LogP contribution in [0.1, 0.15) is 50.1 Å². The molecule has 1 aromatic heterocycles. The molecule has 2 unspecified atom stereocenters. The largest absolute Gasteiger partial charge is 0.423 e. The summed E-state index contributed by atoms with van der Waals surface area (Å²) in [6.45, 7) is 5.88. The third-order valence-electron chi connectivity index (χ3n) is 8.15. The fourth-order valence-electron chi connectivity index (χ4n) is 5.85. The summed E-state index contributed by atoms with van der Waals surface area (Å²) in [7, 11) is 0. The summed E-state index contributed by atoms with van der Waals surface area (Å²) in [4.78, 5) is 31.8. The van der Waals surface area contributed by atoms with Gasteiger partial charge in [0, 0.05) is 49.0 Å². The topological polar surface area (TPSA) is 101 Å². The van der Waals surface area contributed by atoms with Crippen molar-refractivity contribution < 1.29 is 32.0 Å². The number of carbonyl (C=O) groups excluding carboxylic acids is 1. The molecule has 2 heterocycles. The molecule has 1 saturated carbocycles. The maximum Gasteiger partial charge on any atom is 0.423 e. The highest BCUT2D eigenvalue weighted by atomic mass is 32.1. The molecule has 3 aromatic rings. The van der Waals surface area contributed by atoms with Crippen LogP contribution in [0.15, 0.2) is 36.4 Å². The number of fused-ring (bicyclic) bond motifs is 1. The SMILES string of the molecule is CC1CN(C(=O)COC2CCC(Nc3ccc([N+](=O)[O-])c(C(F)(F)F)c3)CC2)C(C)CN1Cc1nc2cc(F)ccc2s1. The lowest BCUT2D eigenvalue weighted by Gasteiger charge is -2.44. The number of amides is 1. The molecule has 14 heteroatoms. The Bertz CT molecular complexity index is 1480. The zero-order valence-electron chi connectivity index (χ0n) is 23.8. The van der Waals surface area contributed by atoms with Crippen LogP contribution in [0.2, 0.25) is 0 Å². The van der Waals surface area contributed by atoms with Crippen LogP contribution in [0.4, 0.5) is 28.9 Å². The lowest BCUT2D eigenvalue weighted by molar-refractivity contribution is -0.388. The Kier molecular flexibility index (Phi) is 9.18. The van der Waals surface area contributed by atoms with Gasteiger partial charge in [-0.15, -0.1) is 11.3 Å². The van der Waals surface area contributed by atoms with Crippen molar-refractivity contribution in [2.24, 2.45) is 0 Å². The van der Waals surface area contributed by atoms with E-state index in [9.17, 15) is 32.5 Å². The summed E-state index contributed by atoms with van der Waals surface area (Å²) < 4.78 is 60.4. The van der Waals surface area contributed by atoms with E-state index in [-0.39, 0.29) is 48.2 Å². The van der Waals surface area contributed by atoms with Gasteiger partial charge in [0.15, 0.2) is 0 Å². The van der Waals surface area contributed by atoms with Gasteiger partial charge in [-0.3, -0.25) is 19.8 Å². The highest BCUT2D eigenvalue weighted by Crippen LogP contribution is 2.38. The first-order valence-electron chi connectivity index (χ1n) is 14.2. The Morgan fingerprint density at radius 3 is 2.56 bits per heavy atom. The molecule has 0 radical (unpaired) electrons. The Labute approximate surface area is 250 Å². The number of ether oxygens (including phenoxy) is 1. The fraction of sp³-hybridized carbons (Fsp3) is 0.517. The second-order valence-electron chi connectivity index (χ2n) is 11.3. The quantitative estimate of drug-likeness (QED) is 0.181. The van der Waals surface area contributed by atoms with Crippen LogP contribution in [-0.2, 0) is 22.3 Å². The van der Waals surface area contributed by atoms with Gasteiger partial charge in [-0.2, -0.15) is 13.2 Å². The predicted molar refractivity (Wildman–Crippen MR) is 154 cm³/mol. The van der Waals surface area contributed by atoms with Gasteiger partial charge in [0.05, 0.1) is 27.8 Å². The third kappa shape index (κ3) is 7.42. The number of piperazine rings is 1. The number of alkyl halides is 3. The molecule has 5 rings (SSSR count). The van der Waals surface area contributed by atoms with Gasteiger partial charge in [0.2, 0.25) is 5.91 Å². The van der Waals surface area contributed by atoms with Gasteiger partial charge in [0.1, 0.15) is 23.0 Å². The monoisotopic (exact) mass is 623 g/mol. The number of nitrogens with zero attached hydrogens (tertiary/aromatic N) is 4. The van der Waals surface area contributed by atoms with Gasteiger partial charge in [0.25, 0.3) is 5.69 Å². The van der Waals surface area contributed by atoms with Crippen LogP contribution in [0, 0.1) is 15.9 Å². The van der Waals surface area contributed by atoms with Crippen molar-refractivity contribution in [1.29, 1.82) is 0 Å². The number of nitro groups is 1. The molecule has 2 atom stereocenters. The standard InChI is InChI=1S/C29H33F4N5O4S/c1-17-14-37(18(2)13-36(17)15-27-35-24-11-19(30)3-10-26(24)43-27)28(39)16-42-22-7-4-20(5-8-22)34-21-6-9-25(38(40)41)23(12-21)29(31,32)33/h3,6,9-12,17-18,20,22,34H,4-5,7-8,13-16H2,1-2H3. The van der Waals surface area contributed by atoms with Crippen molar-refractivity contribution in [3.63, 3.8) is 0 Å². The average molecular weight is 624 g/mol. The number of nitrogens with one attached hydrogen (secondary N) is 1. The van der Waals surface area contributed by atoms with Gasteiger partial charge >= 0.3 is 6.18 Å². The number of thiazole rings is 1. The minimum absolute atomic E-state index is 0.0256. The minimum Gasteiger partial charge on any atom is -0.382 e. The Morgan fingerprint density at radius 1 is 1.12 bits per heavy atom. The maximum absolute atomic E-state index is 13.5. The summed E-state index contributed by atoms with van der Waals surface area (Å²) in [5.41, 5.74) is -1.43. The second kappa shape index (κ2) is 12.7.